The first-order valence-electron chi connectivity index (χ1n) is 5.53. The largest absolute Gasteiger partial charge is 0.307 e. The van der Waals surface area contributed by atoms with E-state index in [9.17, 15) is 8.78 Å². The van der Waals surface area contributed by atoms with Crippen molar-refractivity contribution in [2.45, 2.75) is 31.8 Å². The van der Waals surface area contributed by atoms with Crippen LogP contribution in [0.4, 0.5) is 8.78 Å². The number of rotatable bonds is 3. The number of hydrogen-bond acceptors (Lipinski definition) is 1. The summed E-state index contributed by atoms with van der Waals surface area (Å²) in [5.74, 6) is -1.57. The molecule has 0 heterocycles. The molecule has 2 rings (SSSR count). The molecule has 1 aromatic rings. The molecule has 0 saturated heterocycles. The fraction of sp³-hybridized carbons (Fsp3) is 0.385. The first-order chi connectivity index (χ1) is 7.66. The highest BCUT2D eigenvalue weighted by atomic mass is 19.2. The van der Waals surface area contributed by atoms with Crippen molar-refractivity contribution in [3.63, 3.8) is 0 Å². The van der Waals surface area contributed by atoms with Gasteiger partial charge in [-0.3, -0.25) is 0 Å². The normalized spacial score (nSPS) is 17.9. The number of halogens is 2. The molecule has 0 fully saturated rings. The third-order valence-electron chi connectivity index (χ3n) is 2.94. The fourth-order valence-corrected chi connectivity index (χ4v) is 1.98. The zero-order valence-electron chi connectivity index (χ0n) is 9.21. The second-order valence-corrected chi connectivity index (χ2v) is 4.20. The predicted octanol–water partition coefficient (Wildman–Crippen LogP) is 3.33. The summed E-state index contributed by atoms with van der Waals surface area (Å²) in [7, 11) is 0. The Balaban J connectivity index is 2.02. The van der Waals surface area contributed by atoms with Crippen molar-refractivity contribution in [2.24, 2.45) is 0 Å². The van der Waals surface area contributed by atoms with Gasteiger partial charge in [-0.05, 0) is 37.5 Å². The molecular weight excluding hydrogens is 208 g/mol. The lowest BCUT2D eigenvalue weighted by molar-refractivity contribution is 0.463. The zero-order chi connectivity index (χ0) is 11.5. The van der Waals surface area contributed by atoms with Crippen molar-refractivity contribution in [3.8, 4) is 0 Å². The maximum atomic E-state index is 13.0. The highest BCUT2D eigenvalue weighted by Gasteiger charge is 2.15. The van der Waals surface area contributed by atoms with Gasteiger partial charge in [0, 0.05) is 12.1 Å². The molecule has 86 valence electrons. The van der Waals surface area contributed by atoms with Crippen LogP contribution in [0.3, 0.4) is 0 Å². The van der Waals surface area contributed by atoms with Crippen LogP contribution in [0.2, 0.25) is 0 Å². The molecule has 0 aromatic heterocycles. The first kappa shape index (κ1) is 11.3. The summed E-state index contributed by atoms with van der Waals surface area (Å²) in [6.07, 6.45) is 6.29. The molecule has 1 nitrogen and oxygen atoms in total. The number of hydrogen-bond donors (Lipinski definition) is 1. The summed E-state index contributed by atoms with van der Waals surface area (Å²) < 4.78 is 25.8. The highest BCUT2D eigenvalue weighted by molar-refractivity contribution is 5.21. The third kappa shape index (κ3) is 2.47. The molecule has 0 spiro atoms. The van der Waals surface area contributed by atoms with Gasteiger partial charge in [0.25, 0.3) is 0 Å². The Bertz CT molecular complexity index is 393. The van der Waals surface area contributed by atoms with Crippen molar-refractivity contribution in [1.82, 2.24) is 5.32 Å². The molecule has 0 bridgehead atoms. The van der Waals surface area contributed by atoms with E-state index in [0.29, 0.717) is 6.04 Å². The van der Waals surface area contributed by atoms with E-state index >= 15 is 0 Å². The SMILES string of the molecule is CC(NC1CC=CC1)c1ccc(F)c(F)c1. The number of nitrogens with one attached hydrogen (secondary N) is 1. The summed E-state index contributed by atoms with van der Waals surface area (Å²) in [6.45, 7) is 1.96. The van der Waals surface area contributed by atoms with Gasteiger partial charge in [0.2, 0.25) is 0 Å². The molecule has 3 heteroatoms. The molecular formula is C13H15F2N. The maximum absolute atomic E-state index is 13.0. The summed E-state index contributed by atoms with van der Waals surface area (Å²) in [5, 5.41) is 3.39. The topological polar surface area (TPSA) is 12.0 Å². The molecule has 1 atom stereocenters. The molecule has 1 unspecified atom stereocenters. The van der Waals surface area contributed by atoms with Crippen molar-refractivity contribution in [1.29, 1.82) is 0 Å². The Kier molecular flexibility index (Phi) is 3.34. The van der Waals surface area contributed by atoms with Gasteiger partial charge in [-0.15, -0.1) is 0 Å². The van der Waals surface area contributed by atoms with E-state index in [1.165, 1.54) is 12.1 Å². The average Bonchev–Trinajstić information content (AvgIpc) is 2.74. The molecule has 1 aliphatic carbocycles. The number of benzene rings is 1. The van der Waals surface area contributed by atoms with Crippen LogP contribution in [0.5, 0.6) is 0 Å². The molecule has 0 amide bonds. The van der Waals surface area contributed by atoms with Gasteiger partial charge < -0.3 is 5.32 Å². The van der Waals surface area contributed by atoms with Gasteiger partial charge in [-0.2, -0.15) is 0 Å². The summed E-state index contributed by atoms with van der Waals surface area (Å²) >= 11 is 0. The standard InChI is InChI=1S/C13H15F2N/c1-9(16-11-4-2-3-5-11)10-6-7-12(14)13(15)8-10/h2-3,6-9,11,16H,4-5H2,1H3. The molecule has 1 aromatic carbocycles. The molecule has 0 radical (unpaired) electrons. The third-order valence-corrected chi connectivity index (χ3v) is 2.94. The average molecular weight is 223 g/mol. The smallest absolute Gasteiger partial charge is 0.159 e. The second-order valence-electron chi connectivity index (χ2n) is 4.20. The van der Waals surface area contributed by atoms with Crippen LogP contribution in [0.25, 0.3) is 0 Å². The monoisotopic (exact) mass is 223 g/mol. The van der Waals surface area contributed by atoms with E-state index in [4.69, 9.17) is 0 Å². The van der Waals surface area contributed by atoms with Gasteiger partial charge >= 0.3 is 0 Å². The summed E-state index contributed by atoms with van der Waals surface area (Å²) in [6, 6.07) is 4.52. The van der Waals surface area contributed by atoms with Crippen LogP contribution in [-0.4, -0.2) is 6.04 Å². The quantitative estimate of drug-likeness (QED) is 0.775. The van der Waals surface area contributed by atoms with Crippen LogP contribution < -0.4 is 5.32 Å². The second kappa shape index (κ2) is 4.74. The van der Waals surface area contributed by atoms with Crippen LogP contribution in [0, 0.1) is 11.6 Å². The minimum Gasteiger partial charge on any atom is -0.307 e. The van der Waals surface area contributed by atoms with Crippen LogP contribution >= 0.6 is 0 Å². The lowest BCUT2D eigenvalue weighted by Gasteiger charge is -2.19. The Morgan fingerprint density at radius 1 is 1.19 bits per heavy atom. The minimum atomic E-state index is -0.793. The Morgan fingerprint density at radius 2 is 1.88 bits per heavy atom. The van der Waals surface area contributed by atoms with Gasteiger partial charge in [0.1, 0.15) is 0 Å². The Labute approximate surface area is 94.2 Å². The molecule has 0 aliphatic heterocycles. The Hall–Kier alpha value is -1.22. The van der Waals surface area contributed by atoms with Crippen LogP contribution in [-0.2, 0) is 0 Å². The van der Waals surface area contributed by atoms with Crippen molar-refractivity contribution in [3.05, 3.63) is 47.5 Å². The van der Waals surface area contributed by atoms with Crippen molar-refractivity contribution >= 4 is 0 Å². The Morgan fingerprint density at radius 3 is 2.50 bits per heavy atom. The van der Waals surface area contributed by atoms with Crippen LogP contribution in [0.15, 0.2) is 30.4 Å². The first-order valence-corrected chi connectivity index (χ1v) is 5.53. The van der Waals surface area contributed by atoms with E-state index in [2.05, 4.69) is 17.5 Å². The lowest BCUT2D eigenvalue weighted by atomic mass is 10.1. The fourth-order valence-electron chi connectivity index (χ4n) is 1.98. The van der Waals surface area contributed by atoms with Gasteiger partial charge in [0.15, 0.2) is 11.6 Å². The van der Waals surface area contributed by atoms with Crippen molar-refractivity contribution < 1.29 is 8.78 Å². The van der Waals surface area contributed by atoms with E-state index in [0.717, 1.165) is 18.4 Å². The van der Waals surface area contributed by atoms with Gasteiger partial charge in [-0.1, -0.05) is 18.2 Å². The lowest BCUT2D eigenvalue weighted by Crippen LogP contribution is -2.29. The molecule has 0 saturated carbocycles. The summed E-state index contributed by atoms with van der Waals surface area (Å²) in [5.41, 5.74) is 0.783. The molecule has 16 heavy (non-hydrogen) atoms. The predicted molar refractivity (Wildman–Crippen MR) is 60.1 cm³/mol. The van der Waals surface area contributed by atoms with E-state index in [-0.39, 0.29) is 6.04 Å². The van der Waals surface area contributed by atoms with Crippen LogP contribution in [0.1, 0.15) is 31.4 Å². The van der Waals surface area contributed by atoms with Crippen molar-refractivity contribution in [2.75, 3.05) is 0 Å². The minimum absolute atomic E-state index is 0.0417. The van der Waals surface area contributed by atoms with Gasteiger partial charge in [-0.25, -0.2) is 8.78 Å². The van der Waals surface area contributed by atoms with E-state index in [1.807, 2.05) is 6.92 Å². The zero-order valence-corrected chi connectivity index (χ0v) is 9.21. The van der Waals surface area contributed by atoms with E-state index in [1.54, 1.807) is 6.07 Å². The summed E-state index contributed by atoms with van der Waals surface area (Å²) in [4.78, 5) is 0. The van der Waals surface area contributed by atoms with Gasteiger partial charge in [0.05, 0.1) is 0 Å². The van der Waals surface area contributed by atoms with E-state index < -0.39 is 11.6 Å². The highest BCUT2D eigenvalue weighted by Crippen LogP contribution is 2.19. The maximum Gasteiger partial charge on any atom is 0.159 e. The molecule has 1 N–H and O–H groups in total. The molecule has 1 aliphatic rings.